The van der Waals surface area contributed by atoms with E-state index in [0.29, 0.717) is 17.8 Å². The molecule has 0 radical (unpaired) electrons. The van der Waals surface area contributed by atoms with Crippen molar-refractivity contribution < 1.29 is 0 Å². The van der Waals surface area contributed by atoms with Crippen molar-refractivity contribution in [2.75, 3.05) is 0 Å². The van der Waals surface area contributed by atoms with Crippen LogP contribution in [0.5, 0.6) is 0 Å². The van der Waals surface area contributed by atoms with E-state index in [4.69, 9.17) is 4.98 Å². The van der Waals surface area contributed by atoms with E-state index in [1.165, 1.54) is 0 Å². The van der Waals surface area contributed by atoms with E-state index in [1.807, 2.05) is 54.0 Å². The first kappa shape index (κ1) is 20.8. The lowest BCUT2D eigenvalue weighted by molar-refractivity contribution is 0.665. The molecule has 0 unspecified atom stereocenters. The Kier molecular flexibility index (Phi) is 5.52. The number of aryl methyl sites for hydroxylation is 2. The predicted molar refractivity (Wildman–Crippen MR) is 129 cm³/mol. The number of hydrogen-bond acceptors (Lipinski definition) is 5. The molecular weight excluding hydrogens is 412 g/mol. The van der Waals surface area contributed by atoms with Crippen molar-refractivity contribution in [2.45, 2.75) is 33.2 Å². The van der Waals surface area contributed by atoms with Crippen LogP contribution < -0.4 is 5.56 Å². The standard InChI is InChI=1S/C26H24N6O/c1-3-6-24-27-23-14-9-17(2)15-22(23)26(33)32(24)16-18-10-12-19(13-11-18)20-7-4-5-8-21(20)25-28-30-31-29-25/h4-5,7-15H,3,6,16H2,1-2H3,(H,28,29,30,31). The minimum atomic E-state index is 0.0127. The molecule has 0 amide bonds. The largest absolute Gasteiger partial charge is 0.292 e. The van der Waals surface area contributed by atoms with Gasteiger partial charge in [-0.25, -0.2) is 4.98 Å². The number of tetrazole rings is 1. The summed E-state index contributed by atoms with van der Waals surface area (Å²) in [5.41, 5.74) is 5.86. The van der Waals surface area contributed by atoms with E-state index in [-0.39, 0.29) is 5.56 Å². The van der Waals surface area contributed by atoms with Gasteiger partial charge in [0.1, 0.15) is 5.82 Å². The fourth-order valence-corrected chi connectivity index (χ4v) is 4.14. The molecule has 0 aliphatic carbocycles. The van der Waals surface area contributed by atoms with Crippen LogP contribution in [0.3, 0.4) is 0 Å². The molecule has 0 saturated heterocycles. The van der Waals surface area contributed by atoms with Gasteiger partial charge in [0.25, 0.3) is 5.56 Å². The summed E-state index contributed by atoms with van der Waals surface area (Å²) in [6.45, 7) is 4.58. The van der Waals surface area contributed by atoms with Gasteiger partial charge >= 0.3 is 0 Å². The molecule has 0 saturated carbocycles. The molecule has 5 aromatic rings. The molecule has 0 aliphatic heterocycles. The fourth-order valence-electron chi connectivity index (χ4n) is 4.14. The third-order valence-corrected chi connectivity index (χ3v) is 5.78. The van der Waals surface area contributed by atoms with Crippen LogP contribution in [-0.4, -0.2) is 30.2 Å². The summed E-state index contributed by atoms with van der Waals surface area (Å²) >= 11 is 0. The van der Waals surface area contributed by atoms with Crippen LogP contribution in [0.1, 0.15) is 30.3 Å². The Hall–Kier alpha value is -4.13. The summed E-state index contributed by atoms with van der Waals surface area (Å²) in [4.78, 5) is 18.2. The number of nitrogens with one attached hydrogen (secondary N) is 1. The van der Waals surface area contributed by atoms with Crippen LogP contribution in [0.25, 0.3) is 33.4 Å². The Balaban J connectivity index is 1.51. The van der Waals surface area contributed by atoms with Gasteiger partial charge in [-0.15, -0.1) is 10.2 Å². The molecule has 1 N–H and O–H groups in total. The molecule has 0 fully saturated rings. The molecule has 0 aliphatic rings. The van der Waals surface area contributed by atoms with Crippen LogP contribution in [0.15, 0.2) is 71.5 Å². The van der Waals surface area contributed by atoms with Gasteiger partial charge in [0.2, 0.25) is 5.82 Å². The van der Waals surface area contributed by atoms with E-state index in [9.17, 15) is 4.79 Å². The molecule has 164 valence electrons. The molecule has 0 atom stereocenters. The van der Waals surface area contributed by atoms with Gasteiger partial charge in [-0.3, -0.25) is 9.36 Å². The Morgan fingerprint density at radius 2 is 1.76 bits per heavy atom. The zero-order valence-electron chi connectivity index (χ0n) is 18.6. The maximum Gasteiger partial charge on any atom is 0.261 e. The lowest BCUT2D eigenvalue weighted by Crippen LogP contribution is -2.26. The SMILES string of the molecule is CCCc1nc2ccc(C)cc2c(=O)n1Cc1ccc(-c2ccccc2-c2nn[nH]n2)cc1. The zero-order chi connectivity index (χ0) is 22.8. The highest BCUT2D eigenvalue weighted by Gasteiger charge is 2.13. The van der Waals surface area contributed by atoms with E-state index in [1.54, 1.807) is 0 Å². The molecule has 7 heteroatoms. The molecule has 33 heavy (non-hydrogen) atoms. The highest BCUT2D eigenvalue weighted by atomic mass is 16.1. The Labute approximate surface area is 191 Å². The number of nitrogens with zero attached hydrogens (tertiary/aromatic N) is 5. The van der Waals surface area contributed by atoms with E-state index < -0.39 is 0 Å². The average Bonchev–Trinajstić information content (AvgIpc) is 3.38. The lowest BCUT2D eigenvalue weighted by Gasteiger charge is -2.14. The van der Waals surface area contributed by atoms with Crippen molar-refractivity contribution in [3.8, 4) is 22.5 Å². The van der Waals surface area contributed by atoms with Crippen molar-refractivity contribution in [2.24, 2.45) is 0 Å². The summed E-state index contributed by atoms with van der Waals surface area (Å²) in [5, 5.41) is 15.1. The topological polar surface area (TPSA) is 89.4 Å². The van der Waals surface area contributed by atoms with Gasteiger partial charge in [0.05, 0.1) is 17.4 Å². The minimum absolute atomic E-state index is 0.0127. The fraction of sp³-hybridized carbons (Fsp3) is 0.192. The number of aromatic amines is 1. The van der Waals surface area contributed by atoms with Crippen LogP contribution in [0.4, 0.5) is 0 Å². The van der Waals surface area contributed by atoms with E-state index in [2.05, 4.69) is 51.8 Å². The lowest BCUT2D eigenvalue weighted by atomic mass is 9.98. The van der Waals surface area contributed by atoms with Gasteiger partial charge in [-0.1, -0.05) is 67.1 Å². The first-order chi connectivity index (χ1) is 16.1. The van der Waals surface area contributed by atoms with Crippen LogP contribution in [-0.2, 0) is 13.0 Å². The second-order valence-electron chi connectivity index (χ2n) is 8.17. The van der Waals surface area contributed by atoms with Gasteiger partial charge in [0, 0.05) is 12.0 Å². The first-order valence-electron chi connectivity index (χ1n) is 11.1. The quantitative estimate of drug-likeness (QED) is 0.422. The first-order valence-corrected chi connectivity index (χ1v) is 11.1. The van der Waals surface area contributed by atoms with Gasteiger partial charge in [0.15, 0.2) is 0 Å². The summed E-state index contributed by atoms with van der Waals surface area (Å²) in [6, 6.07) is 22.1. The number of rotatable bonds is 6. The van der Waals surface area contributed by atoms with E-state index in [0.717, 1.165) is 52.0 Å². The predicted octanol–water partition coefficient (Wildman–Crippen LogP) is 4.55. The third-order valence-electron chi connectivity index (χ3n) is 5.78. The average molecular weight is 437 g/mol. The maximum atomic E-state index is 13.3. The second-order valence-corrected chi connectivity index (χ2v) is 8.17. The molecule has 0 bridgehead atoms. The molecule has 2 aromatic heterocycles. The number of fused-ring (bicyclic) bond motifs is 1. The van der Waals surface area contributed by atoms with Crippen molar-refractivity contribution in [3.63, 3.8) is 0 Å². The van der Waals surface area contributed by atoms with Crippen molar-refractivity contribution >= 4 is 10.9 Å². The molecule has 3 aromatic carbocycles. The highest BCUT2D eigenvalue weighted by molar-refractivity contribution is 5.80. The molecule has 7 nitrogen and oxygen atoms in total. The molecule has 0 spiro atoms. The highest BCUT2D eigenvalue weighted by Crippen LogP contribution is 2.29. The Bertz CT molecular complexity index is 1470. The normalized spacial score (nSPS) is 11.2. The van der Waals surface area contributed by atoms with Crippen molar-refractivity contribution in [3.05, 3.63) is 94.0 Å². The van der Waals surface area contributed by atoms with Crippen LogP contribution in [0.2, 0.25) is 0 Å². The number of hydrogen-bond donors (Lipinski definition) is 1. The van der Waals surface area contributed by atoms with Crippen molar-refractivity contribution in [1.82, 2.24) is 30.2 Å². The Morgan fingerprint density at radius 3 is 2.48 bits per heavy atom. The molecule has 5 rings (SSSR count). The Morgan fingerprint density at radius 1 is 0.970 bits per heavy atom. The maximum absolute atomic E-state index is 13.3. The molecular formula is C26H24N6O. The van der Waals surface area contributed by atoms with Gasteiger partial charge < -0.3 is 0 Å². The molecule has 2 heterocycles. The monoisotopic (exact) mass is 436 g/mol. The minimum Gasteiger partial charge on any atom is -0.292 e. The second kappa shape index (κ2) is 8.78. The summed E-state index contributed by atoms with van der Waals surface area (Å²) in [5.74, 6) is 1.38. The van der Waals surface area contributed by atoms with Gasteiger partial charge in [-0.2, -0.15) is 5.21 Å². The van der Waals surface area contributed by atoms with Crippen LogP contribution in [0, 0.1) is 6.92 Å². The number of aromatic nitrogens is 6. The summed E-state index contributed by atoms with van der Waals surface area (Å²) in [6.07, 6.45) is 1.69. The number of benzene rings is 3. The summed E-state index contributed by atoms with van der Waals surface area (Å²) in [7, 11) is 0. The third kappa shape index (κ3) is 4.05. The zero-order valence-corrected chi connectivity index (χ0v) is 18.6. The van der Waals surface area contributed by atoms with E-state index >= 15 is 0 Å². The van der Waals surface area contributed by atoms with Crippen LogP contribution >= 0.6 is 0 Å². The van der Waals surface area contributed by atoms with Gasteiger partial charge in [-0.05, 0) is 47.4 Å². The smallest absolute Gasteiger partial charge is 0.261 e. The van der Waals surface area contributed by atoms with Crippen molar-refractivity contribution in [1.29, 1.82) is 0 Å². The summed E-state index contributed by atoms with van der Waals surface area (Å²) < 4.78 is 1.81. The number of H-pyrrole nitrogens is 1.